The number of carbonyl (C=O) groups is 2. The topological polar surface area (TPSA) is 176 Å². The number of rotatable bonds is 9. The first kappa shape index (κ1) is 26.7. The predicted molar refractivity (Wildman–Crippen MR) is 132 cm³/mol. The van der Waals surface area contributed by atoms with Gasteiger partial charge in [-0.3, -0.25) is 14.1 Å². The van der Waals surface area contributed by atoms with Crippen molar-refractivity contribution in [3.8, 4) is 5.75 Å². The minimum absolute atomic E-state index is 0.00657. The molecular formula is C24H27N2O9S+. The van der Waals surface area contributed by atoms with Gasteiger partial charge < -0.3 is 25.3 Å². The number of Topliss-reactive ketones (excluding diaryl/α,β-unsaturated/α-hetero) is 1. The largest absolute Gasteiger partial charge is 0.507 e. The quantitative estimate of drug-likeness (QED) is 0.184. The molecule has 0 saturated heterocycles. The Balaban J connectivity index is 1.91. The molecule has 0 spiro atoms. The monoisotopic (exact) mass is 519 g/mol. The van der Waals surface area contributed by atoms with Crippen molar-refractivity contribution in [1.29, 1.82) is 0 Å². The van der Waals surface area contributed by atoms with Crippen LogP contribution in [0.15, 0.2) is 59.1 Å². The van der Waals surface area contributed by atoms with E-state index in [0.717, 1.165) is 0 Å². The van der Waals surface area contributed by atoms with E-state index < -0.39 is 27.6 Å². The van der Waals surface area contributed by atoms with Gasteiger partial charge in [-0.1, -0.05) is 0 Å². The molecule has 0 heterocycles. The van der Waals surface area contributed by atoms with Gasteiger partial charge in [0.05, 0.1) is 29.4 Å². The number of aliphatic hydroxyl groups is 2. The summed E-state index contributed by atoms with van der Waals surface area (Å²) < 4.78 is 32.7. The normalized spacial score (nSPS) is 17.7. The molecule has 0 aromatic heterocycles. The van der Waals surface area contributed by atoms with Crippen molar-refractivity contribution in [3.05, 3.63) is 64.7 Å². The fourth-order valence-electron chi connectivity index (χ4n) is 3.88. The summed E-state index contributed by atoms with van der Waals surface area (Å²) in [4.78, 5) is 25.4. The summed E-state index contributed by atoms with van der Waals surface area (Å²) in [5, 5.41) is 40.6. The summed E-state index contributed by atoms with van der Waals surface area (Å²) in [6, 6.07) is 4.16. The molecule has 192 valence electrons. The zero-order chi connectivity index (χ0) is 26.8. The highest BCUT2D eigenvalue weighted by Gasteiger charge is 2.39. The average molecular weight is 520 g/mol. The van der Waals surface area contributed by atoms with E-state index in [2.05, 4.69) is 0 Å². The number of anilines is 1. The molecule has 0 aliphatic heterocycles. The Kier molecular flexibility index (Phi) is 7.70. The van der Waals surface area contributed by atoms with Gasteiger partial charge >= 0.3 is 5.97 Å². The molecule has 3 rings (SSSR count). The molecule has 36 heavy (non-hydrogen) atoms. The van der Waals surface area contributed by atoms with Gasteiger partial charge in [-0.25, -0.2) is 4.58 Å². The maximum Gasteiger partial charge on any atom is 0.305 e. The van der Waals surface area contributed by atoms with Crippen LogP contribution in [0.1, 0.15) is 18.4 Å². The van der Waals surface area contributed by atoms with Crippen LogP contribution in [-0.4, -0.2) is 88.4 Å². The smallest absolute Gasteiger partial charge is 0.305 e. The molecule has 0 atom stereocenters. The maximum atomic E-state index is 12.9. The van der Waals surface area contributed by atoms with Gasteiger partial charge in [-0.15, -0.1) is 0 Å². The maximum absolute atomic E-state index is 12.9. The Bertz CT molecular complexity index is 1380. The molecular weight excluding hydrogens is 492 g/mol. The highest BCUT2D eigenvalue weighted by atomic mass is 32.2. The highest BCUT2D eigenvalue weighted by molar-refractivity contribution is 7.85. The second-order valence-electron chi connectivity index (χ2n) is 8.50. The number of benzene rings is 1. The highest BCUT2D eigenvalue weighted by Crippen LogP contribution is 2.43. The number of aromatic hydroxyl groups is 1. The summed E-state index contributed by atoms with van der Waals surface area (Å²) in [7, 11) is -0.618. The SMILES string of the molecule is C[N+](C)=C1C=C/C(=C2\C(=O)C(c3ccc(N(CCCS(=O)(=O)O)CCC(=O)O)cc3O)=C2O)C(O)=C1. The van der Waals surface area contributed by atoms with Crippen molar-refractivity contribution in [1.82, 2.24) is 0 Å². The summed E-state index contributed by atoms with van der Waals surface area (Å²) in [6.45, 7) is 0.0888. The second kappa shape index (κ2) is 10.4. The van der Waals surface area contributed by atoms with Crippen molar-refractivity contribution >= 4 is 38.8 Å². The number of allylic oxidation sites excluding steroid dienone is 5. The lowest BCUT2D eigenvalue weighted by atomic mass is 9.79. The molecule has 1 aromatic rings. The van der Waals surface area contributed by atoms with Crippen LogP contribution in [0.4, 0.5) is 5.69 Å². The molecule has 2 aliphatic rings. The summed E-state index contributed by atoms with van der Waals surface area (Å²) >= 11 is 0. The number of carboxylic acid groups (broad SMARTS) is 1. The van der Waals surface area contributed by atoms with Crippen LogP contribution in [0.3, 0.4) is 0 Å². The Labute approximate surface area is 207 Å². The number of ketones is 1. The van der Waals surface area contributed by atoms with E-state index in [1.807, 2.05) is 0 Å². The van der Waals surface area contributed by atoms with Crippen molar-refractivity contribution in [3.63, 3.8) is 0 Å². The predicted octanol–water partition coefficient (Wildman–Crippen LogP) is 1.82. The molecule has 5 N–H and O–H groups in total. The van der Waals surface area contributed by atoms with Crippen LogP contribution in [0, 0.1) is 0 Å². The third-order valence-corrected chi connectivity index (χ3v) is 6.54. The lowest BCUT2D eigenvalue weighted by Crippen LogP contribution is -2.28. The van der Waals surface area contributed by atoms with Crippen LogP contribution in [0.25, 0.3) is 5.57 Å². The van der Waals surface area contributed by atoms with Crippen LogP contribution >= 0.6 is 0 Å². The molecule has 1 aromatic carbocycles. The number of phenolic OH excluding ortho intramolecular Hbond substituents is 1. The minimum atomic E-state index is -4.19. The molecule has 0 radical (unpaired) electrons. The van der Waals surface area contributed by atoms with Crippen LogP contribution in [-0.2, 0) is 19.7 Å². The molecule has 0 unspecified atom stereocenters. The van der Waals surface area contributed by atoms with E-state index in [-0.39, 0.29) is 65.5 Å². The summed E-state index contributed by atoms with van der Waals surface area (Å²) in [5.41, 5.74) is 1.05. The number of carboxylic acids is 1. The molecule has 0 amide bonds. The fourth-order valence-corrected chi connectivity index (χ4v) is 4.37. The van der Waals surface area contributed by atoms with E-state index >= 15 is 0 Å². The number of aliphatic carboxylic acids is 1. The molecule has 0 saturated carbocycles. The van der Waals surface area contributed by atoms with Gasteiger partial charge in [0, 0.05) is 42.1 Å². The van der Waals surface area contributed by atoms with Crippen LogP contribution in [0.5, 0.6) is 5.75 Å². The second-order valence-corrected chi connectivity index (χ2v) is 10.1. The Morgan fingerprint density at radius 1 is 1.06 bits per heavy atom. The zero-order valence-corrected chi connectivity index (χ0v) is 20.5. The summed E-state index contributed by atoms with van der Waals surface area (Å²) in [5.74, 6) is -3.09. The van der Waals surface area contributed by atoms with Crippen molar-refractivity contribution < 1.29 is 47.6 Å². The minimum Gasteiger partial charge on any atom is -0.507 e. The first-order valence-corrected chi connectivity index (χ1v) is 12.5. The number of hydrogen-bond acceptors (Lipinski definition) is 8. The number of carbonyl (C=O) groups excluding carboxylic acids is 1. The number of aliphatic hydroxyl groups excluding tert-OH is 2. The van der Waals surface area contributed by atoms with Gasteiger partial charge in [0.25, 0.3) is 10.1 Å². The molecule has 12 heteroatoms. The fraction of sp³-hybridized carbons (Fsp3) is 0.292. The number of nitrogens with zero attached hydrogens (tertiary/aromatic N) is 2. The van der Waals surface area contributed by atoms with Gasteiger partial charge in [-0.2, -0.15) is 8.42 Å². The van der Waals surface area contributed by atoms with E-state index in [4.69, 9.17) is 9.66 Å². The van der Waals surface area contributed by atoms with Gasteiger partial charge in [0.15, 0.2) is 0 Å². The average Bonchev–Trinajstić information content (AvgIpc) is 2.77. The lowest BCUT2D eigenvalue weighted by molar-refractivity contribution is -0.462. The standard InChI is InChI=1S/C24H26N2O9S/c1-25(2)14-4-6-16(18(27)12-14)21-23(31)22(24(21)32)17-7-5-15(13-19(17)28)26(10-8-20(29)30)9-3-11-36(33,34)35/h4-7,12-13H,3,8-11H2,1-2H3,(H4,27,28,29,30,31,32,33,34,35)/p+1. The van der Waals surface area contributed by atoms with Crippen molar-refractivity contribution in [2.45, 2.75) is 12.8 Å². The Morgan fingerprint density at radius 2 is 1.75 bits per heavy atom. The Hall–Kier alpha value is -3.90. The number of hydrogen-bond donors (Lipinski definition) is 5. The van der Waals surface area contributed by atoms with E-state index in [1.165, 1.54) is 35.3 Å². The van der Waals surface area contributed by atoms with E-state index in [9.17, 15) is 33.3 Å². The van der Waals surface area contributed by atoms with Crippen LogP contribution < -0.4 is 4.90 Å². The van der Waals surface area contributed by atoms with Crippen LogP contribution in [0.2, 0.25) is 0 Å². The van der Waals surface area contributed by atoms with Crippen molar-refractivity contribution in [2.24, 2.45) is 0 Å². The molecule has 11 nitrogen and oxygen atoms in total. The van der Waals surface area contributed by atoms with Crippen molar-refractivity contribution in [2.75, 3.05) is 37.8 Å². The third kappa shape index (κ3) is 5.83. The third-order valence-electron chi connectivity index (χ3n) is 5.74. The number of phenols is 1. The summed E-state index contributed by atoms with van der Waals surface area (Å²) in [6.07, 6.45) is 4.41. The zero-order valence-electron chi connectivity index (χ0n) is 19.7. The first-order chi connectivity index (χ1) is 16.8. The van der Waals surface area contributed by atoms with Gasteiger partial charge in [-0.05, 0) is 24.6 Å². The molecule has 0 fully saturated rings. The molecule has 0 bridgehead atoms. The Morgan fingerprint density at radius 3 is 2.28 bits per heavy atom. The first-order valence-electron chi connectivity index (χ1n) is 10.9. The van der Waals surface area contributed by atoms with Gasteiger partial charge in [0.2, 0.25) is 11.5 Å². The van der Waals surface area contributed by atoms with E-state index in [1.54, 1.807) is 24.7 Å². The van der Waals surface area contributed by atoms with E-state index in [0.29, 0.717) is 11.4 Å². The lowest BCUT2D eigenvalue weighted by Gasteiger charge is -2.27. The molecule has 2 aliphatic carbocycles. The van der Waals surface area contributed by atoms with Gasteiger partial charge in [0.1, 0.15) is 31.4 Å².